The maximum absolute atomic E-state index is 5.24. The molecule has 0 spiro atoms. The Morgan fingerprint density at radius 3 is 1.89 bits per heavy atom. The molecule has 4 rings (SSSR count). The van der Waals surface area contributed by atoms with Gasteiger partial charge in [-0.2, -0.15) is 0 Å². The molecule has 3 aromatic rings. The van der Waals surface area contributed by atoms with Crippen LogP contribution in [0.5, 0.6) is 5.75 Å². The second kappa shape index (κ2) is 7.84. The van der Waals surface area contributed by atoms with E-state index in [1.54, 1.807) is 18.4 Å². The van der Waals surface area contributed by atoms with Gasteiger partial charge in [-0.3, -0.25) is 0 Å². The lowest BCUT2D eigenvalue weighted by molar-refractivity contribution is 0.415. The van der Waals surface area contributed by atoms with Crippen LogP contribution >= 0.6 is 11.3 Å². The van der Waals surface area contributed by atoms with Crippen molar-refractivity contribution in [1.29, 1.82) is 0 Å². The summed E-state index contributed by atoms with van der Waals surface area (Å²) >= 11 is 1.56. The van der Waals surface area contributed by atoms with Crippen molar-refractivity contribution in [3.05, 3.63) is 53.5 Å². The van der Waals surface area contributed by atoms with Crippen LogP contribution in [0, 0.1) is 6.92 Å². The van der Waals surface area contributed by atoms with Gasteiger partial charge in [0.1, 0.15) is 10.8 Å². The fourth-order valence-electron chi connectivity index (χ4n) is 3.24. The molecule has 0 amide bonds. The highest BCUT2D eigenvalue weighted by molar-refractivity contribution is 7.15. The van der Waals surface area contributed by atoms with Crippen LogP contribution in [0.3, 0.4) is 0 Å². The normalized spacial score (nSPS) is 14.3. The van der Waals surface area contributed by atoms with Crippen molar-refractivity contribution in [3.8, 4) is 5.75 Å². The van der Waals surface area contributed by atoms with Gasteiger partial charge in [0.2, 0.25) is 5.13 Å². The zero-order valence-electron chi connectivity index (χ0n) is 15.6. The summed E-state index contributed by atoms with van der Waals surface area (Å²) < 4.78 is 5.24. The zero-order chi connectivity index (χ0) is 18.6. The van der Waals surface area contributed by atoms with E-state index in [-0.39, 0.29) is 0 Å². The second-order valence-electron chi connectivity index (χ2n) is 6.47. The van der Waals surface area contributed by atoms with Gasteiger partial charge in [-0.05, 0) is 55.5 Å². The Bertz CT molecular complexity index is 870. The van der Waals surface area contributed by atoms with Crippen molar-refractivity contribution in [2.45, 2.75) is 6.92 Å². The average molecular weight is 382 g/mol. The number of hydrogen-bond donors (Lipinski definition) is 1. The summed E-state index contributed by atoms with van der Waals surface area (Å²) in [5.41, 5.74) is 3.54. The van der Waals surface area contributed by atoms with Crippen LogP contribution in [-0.2, 0) is 0 Å². The first-order valence-electron chi connectivity index (χ1n) is 9.02. The third-order valence-corrected chi connectivity index (χ3v) is 5.48. The maximum atomic E-state index is 5.24. The van der Waals surface area contributed by atoms with E-state index in [0.29, 0.717) is 0 Å². The molecule has 7 heteroatoms. The SMILES string of the molecule is COc1ccc(N2CCN(c3ccc(Nc4nnc(C)s4)cc3)CC2)cc1. The van der Waals surface area contributed by atoms with E-state index < -0.39 is 0 Å². The summed E-state index contributed by atoms with van der Waals surface area (Å²) in [6, 6.07) is 16.8. The number of rotatable bonds is 5. The summed E-state index contributed by atoms with van der Waals surface area (Å²) in [5.74, 6) is 0.898. The predicted octanol–water partition coefficient (Wildman–Crippen LogP) is 3.93. The molecule has 1 aromatic heterocycles. The van der Waals surface area contributed by atoms with Crippen LogP contribution in [0.15, 0.2) is 48.5 Å². The molecule has 2 aromatic carbocycles. The highest BCUT2D eigenvalue weighted by Gasteiger charge is 2.17. The van der Waals surface area contributed by atoms with Crippen molar-refractivity contribution in [1.82, 2.24) is 10.2 Å². The third kappa shape index (κ3) is 4.14. The van der Waals surface area contributed by atoms with E-state index in [0.717, 1.165) is 47.8 Å². The van der Waals surface area contributed by atoms with Crippen LogP contribution in [-0.4, -0.2) is 43.5 Å². The van der Waals surface area contributed by atoms with Gasteiger partial charge in [-0.15, -0.1) is 10.2 Å². The van der Waals surface area contributed by atoms with Crippen LogP contribution in [0.25, 0.3) is 0 Å². The van der Waals surface area contributed by atoms with Gasteiger partial charge in [0.25, 0.3) is 0 Å². The Labute approximate surface area is 163 Å². The van der Waals surface area contributed by atoms with E-state index in [2.05, 4.69) is 61.7 Å². The van der Waals surface area contributed by atoms with Gasteiger partial charge in [-0.25, -0.2) is 0 Å². The van der Waals surface area contributed by atoms with Crippen LogP contribution in [0.4, 0.5) is 22.2 Å². The minimum atomic E-state index is 0.827. The molecule has 0 saturated carbocycles. The summed E-state index contributed by atoms with van der Waals surface area (Å²) in [5, 5.41) is 13.2. The number of nitrogens with zero attached hydrogens (tertiary/aromatic N) is 4. The van der Waals surface area contributed by atoms with Gasteiger partial charge in [0.05, 0.1) is 7.11 Å². The summed E-state index contributed by atoms with van der Waals surface area (Å²) in [7, 11) is 1.70. The van der Waals surface area contributed by atoms with Gasteiger partial charge in [0.15, 0.2) is 0 Å². The molecular weight excluding hydrogens is 358 g/mol. The fraction of sp³-hybridized carbons (Fsp3) is 0.300. The molecule has 1 N–H and O–H groups in total. The van der Waals surface area contributed by atoms with E-state index >= 15 is 0 Å². The number of nitrogens with one attached hydrogen (secondary N) is 1. The highest BCUT2D eigenvalue weighted by Crippen LogP contribution is 2.25. The predicted molar refractivity (Wildman–Crippen MR) is 112 cm³/mol. The Morgan fingerprint density at radius 1 is 0.852 bits per heavy atom. The van der Waals surface area contributed by atoms with Crippen LogP contribution in [0.1, 0.15) is 5.01 Å². The number of aryl methyl sites for hydroxylation is 1. The lowest BCUT2D eigenvalue weighted by atomic mass is 10.2. The summed E-state index contributed by atoms with van der Waals surface area (Å²) in [4.78, 5) is 4.85. The van der Waals surface area contributed by atoms with E-state index in [1.165, 1.54) is 11.4 Å². The van der Waals surface area contributed by atoms with Crippen molar-refractivity contribution in [2.24, 2.45) is 0 Å². The first kappa shape index (κ1) is 17.6. The quantitative estimate of drug-likeness (QED) is 0.723. The Balaban J connectivity index is 1.34. The highest BCUT2D eigenvalue weighted by atomic mass is 32.1. The molecule has 0 radical (unpaired) electrons. The largest absolute Gasteiger partial charge is 0.497 e. The first-order valence-corrected chi connectivity index (χ1v) is 9.84. The number of ether oxygens (including phenoxy) is 1. The molecule has 2 heterocycles. The lowest BCUT2D eigenvalue weighted by Crippen LogP contribution is -2.46. The molecule has 0 aliphatic carbocycles. The van der Waals surface area contributed by atoms with Crippen molar-refractivity contribution in [2.75, 3.05) is 48.4 Å². The van der Waals surface area contributed by atoms with E-state index in [1.807, 2.05) is 19.1 Å². The molecule has 1 aliphatic heterocycles. The monoisotopic (exact) mass is 381 g/mol. The Hall–Kier alpha value is -2.80. The molecule has 1 aliphatic rings. The summed E-state index contributed by atoms with van der Waals surface area (Å²) in [6.45, 7) is 5.99. The number of aromatic nitrogens is 2. The van der Waals surface area contributed by atoms with Gasteiger partial charge < -0.3 is 19.9 Å². The molecule has 140 valence electrons. The number of benzene rings is 2. The van der Waals surface area contributed by atoms with Gasteiger partial charge in [-0.1, -0.05) is 11.3 Å². The topological polar surface area (TPSA) is 53.5 Å². The average Bonchev–Trinajstić information content (AvgIpc) is 3.13. The number of hydrogen-bond acceptors (Lipinski definition) is 7. The van der Waals surface area contributed by atoms with Crippen LogP contribution in [0.2, 0.25) is 0 Å². The van der Waals surface area contributed by atoms with Crippen molar-refractivity contribution >= 4 is 33.5 Å². The molecule has 1 fully saturated rings. The lowest BCUT2D eigenvalue weighted by Gasteiger charge is -2.37. The van der Waals surface area contributed by atoms with Gasteiger partial charge >= 0.3 is 0 Å². The molecular formula is C20H23N5OS. The maximum Gasteiger partial charge on any atom is 0.210 e. The number of anilines is 4. The first-order chi connectivity index (χ1) is 13.2. The fourth-order valence-corrected chi connectivity index (χ4v) is 3.85. The van der Waals surface area contributed by atoms with Gasteiger partial charge in [0, 0.05) is 43.2 Å². The second-order valence-corrected chi connectivity index (χ2v) is 7.65. The zero-order valence-corrected chi connectivity index (χ0v) is 16.4. The third-order valence-electron chi connectivity index (χ3n) is 4.73. The standard InChI is InChI=1S/C20H23N5OS/c1-15-22-23-20(27-15)21-16-3-5-17(6-4-16)24-11-13-25(14-12-24)18-7-9-19(26-2)10-8-18/h3-10H,11-14H2,1-2H3,(H,21,23). The molecule has 27 heavy (non-hydrogen) atoms. The van der Waals surface area contributed by atoms with Crippen molar-refractivity contribution < 1.29 is 4.74 Å². The number of piperazine rings is 1. The molecule has 6 nitrogen and oxygen atoms in total. The van der Waals surface area contributed by atoms with Crippen LogP contribution < -0.4 is 19.9 Å². The molecule has 0 bridgehead atoms. The molecule has 0 atom stereocenters. The minimum Gasteiger partial charge on any atom is -0.497 e. The Kier molecular flexibility index (Phi) is 5.11. The Morgan fingerprint density at radius 2 is 1.41 bits per heavy atom. The van der Waals surface area contributed by atoms with Crippen molar-refractivity contribution in [3.63, 3.8) is 0 Å². The number of methoxy groups -OCH3 is 1. The van der Waals surface area contributed by atoms with E-state index in [4.69, 9.17) is 4.74 Å². The minimum absolute atomic E-state index is 0.827. The summed E-state index contributed by atoms with van der Waals surface area (Å²) in [6.07, 6.45) is 0. The smallest absolute Gasteiger partial charge is 0.210 e. The molecule has 0 unspecified atom stereocenters. The molecule has 1 saturated heterocycles. The van der Waals surface area contributed by atoms with E-state index in [9.17, 15) is 0 Å².